The van der Waals surface area contributed by atoms with E-state index in [1.807, 2.05) is 29.2 Å². The third-order valence-corrected chi connectivity index (χ3v) is 3.76. The van der Waals surface area contributed by atoms with E-state index in [1.165, 1.54) is 6.07 Å². The van der Waals surface area contributed by atoms with Gasteiger partial charge in [0.05, 0.1) is 11.6 Å². The van der Waals surface area contributed by atoms with Gasteiger partial charge in [0.1, 0.15) is 17.7 Å². The van der Waals surface area contributed by atoms with Gasteiger partial charge in [0.25, 0.3) is 0 Å². The van der Waals surface area contributed by atoms with Gasteiger partial charge in [-0.3, -0.25) is 0 Å². The molecule has 1 aromatic carbocycles. The molecule has 5 nitrogen and oxygen atoms in total. The number of aromatic nitrogens is 5. The second-order valence-electron chi connectivity index (χ2n) is 4.92. The SMILES string of the molecule is CC(c1nncn1C)n1c(CCCl)nc2c(F)cccc21. The summed E-state index contributed by atoms with van der Waals surface area (Å²) in [6.45, 7) is 1.99. The van der Waals surface area contributed by atoms with E-state index >= 15 is 0 Å². The lowest BCUT2D eigenvalue weighted by Gasteiger charge is -2.16. The third kappa shape index (κ3) is 2.29. The van der Waals surface area contributed by atoms with E-state index in [2.05, 4.69) is 15.2 Å². The van der Waals surface area contributed by atoms with E-state index in [0.29, 0.717) is 17.8 Å². The van der Waals surface area contributed by atoms with Crippen LogP contribution in [0.1, 0.15) is 24.6 Å². The van der Waals surface area contributed by atoms with Crippen molar-refractivity contribution in [1.29, 1.82) is 0 Å². The van der Waals surface area contributed by atoms with Crippen LogP contribution in [0.5, 0.6) is 0 Å². The highest BCUT2D eigenvalue weighted by atomic mass is 35.5. The minimum absolute atomic E-state index is 0.109. The Balaban J connectivity index is 2.22. The van der Waals surface area contributed by atoms with Crippen molar-refractivity contribution in [2.45, 2.75) is 19.4 Å². The average molecular weight is 308 g/mol. The van der Waals surface area contributed by atoms with E-state index in [1.54, 1.807) is 12.4 Å². The Kier molecular flexibility index (Phi) is 3.63. The van der Waals surface area contributed by atoms with Crippen molar-refractivity contribution in [3.05, 3.63) is 42.0 Å². The average Bonchev–Trinajstić information content (AvgIpc) is 3.03. The summed E-state index contributed by atoms with van der Waals surface area (Å²) >= 11 is 5.86. The van der Waals surface area contributed by atoms with Crippen LogP contribution in [0.4, 0.5) is 4.39 Å². The van der Waals surface area contributed by atoms with E-state index in [0.717, 1.165) is 17.2 Å². The molecule has 3 rings (SSSR count). The maximum absolute atomic E-state index is 14.0. The molecular weight excluding hydrogens is 293 g/mol. The predicted molar refractivity (Wildman–Crippen MR) is 78.9 cm³/mol. The highest BCUT2D eigenvalue weighted by Crippen LogP contribution is 2.26. The molecule has 21 heavy (non-hydrogen) atoms. The monoisotopic (exact) mass is 307 g/mol. The fourth-order valence-corrected chi connectivity index (χ4v) is 2.78. The highest BCUT2D eigenvalue weighted by molar-refractivity contribution is 6.17. The van der Waals surface area contributed by atoms with E-state index < -0.39 is 0 Å². The summed E-state index contributed by atoms with van der Waals surface area (Å²) in [7, 11) is 1.88. The molecule has 2 heterocycles. The summed E-state index contributed by atoms with van der Waals surface area (Å²) in [5.74, 6) is 1.64. The van der Waals surface area contributed by atoms with Crippen molar-refractivity contribution in [3.63, 3.8) is 0 Å². The number of aryl methyl sites for hydroxylation is 2. The zero-order valence-electron chi connectivity index (χ0n) is 11.8. The molecule has 0 amide bonds. The van der Waals surface area contributed by atoms with Gasteiger partial charge in [0, 0.05) is 19.3 Å². The van der Waals surface area contributed by atoms with Gasteiger partial charge >= 0.3 is 0 Å². The molecule has 110 valence electrons. The Bertz CT molecular complexity index is 779. The molecule has 0 spiro atoms. The van der Waals surface area contributed by atoms with Crippen LogP contribution in [0.15, 0.2) is 24.5 Å². The molecule has 3 aromatic rings. The number of halogens is 2. The van der Waals surface area contributed by atoms with Crippen molar-refractivity contribution < 1.29 is 4.39 Å². The Labute approximate surface area is 126 Å². The molecule has 0 bridgehead atoms. The fraction of sp³-hybridized carbons (Fsp3) is 0.357. The van der Waals surface area contributed by atoms with Crippen molar-refractivity contribution in [3.8, 4) is 0 Å². The quantitative estimate of drug-likeness (QED) is 0.696. The molecule has 0 saturated carbocycles. The van der Waals surface area contributed by atoms with Crippen LogP contribution in [0.3, 0.4) is 0 Å². The maximum atomic E-state index is 14.0. The van der Waals surface area contributed by atoms with Crippen molar-refractivity contribution >= 4 is 22.6 Å². The lowest BCUT2D eigenvalue weighted by atomic mass is 10.2. The molecule has 1 unspecified atom stereocenters. The van der Waals surface area contributed by atoms with Gasteiger partial charge in [0.15, 0.2) is 11.6 Å². The van der Waals surface area contributed by atoms with Crippen LogP contribution in [-0.4, -0.2) is 30.2 Å². The molecule has 0 aliphatic rings. The third-order valence-electron chi connectivity index (χ3n) is 3.57. The second-order valence-corrected chi connectivity index (χ2v) is 5.30. The summed E-state index contributed by atoms with van der Waals surface area (Å²) in [6, 6.07) is 4.85. The summed E-state index contributed by atoms with van der Waals surface area (Å²) in [5, 5.41) is 8.04. The first kappa shape index (κ1) is 14.0. The molecule has 2 aromatic heterocycles. The number of hydrogen-bond donors (Lipinski definition) is 0. The Morgan fingerprint density at radius 2 is 2.19 bits per heavy atom. The molecular formula is C14H15ClFN5. The first-order valence-electron chi connectivity index (χ1n) is 6.68. The number of benzene rings is 1. The van der Waals surface area contributed by atoms with E-state index in [4.69, 9.17) is 11.6 Å². The number of nitrogens with zero attached hydrogens (tertiary/aromatic N) is 5. The Morgan fingerprint density at radius 1 is 1.38 bits per heavy atom. The van der Waals surface area contributed by atoms with Crippen molar-refractivity contribution in [1.82, 2.24) is 24.3 Å². The van der Waals surface area contributed by atoms with Crippen LogP contribution in [0, 0.1) is 5.82 Å². The van der Waals surface area contributed by atoms with Crippen molar-refractivity contribution in [2.24, 2.45) is 7.05 Å². The normalized spacial score (nSPS) is 13.0. The Hall–Kier alpha value is -1.95. The first-order valence-corrected chi connectivity index (χ1v) is 7.22. The summed E-state index contributed by atoms with van der Waals surface area (Å²) < 4.78 is 17.8. The number of rotatable bonds is 4. The molecule has 1 atom stereocenters. The molecule has 0 radical (unpaired) electrons. The number of fused-ring (bicyclic) bond motifs is 1. The number of hydrogen-bond acceptors (Lipinski definition) is 3. The first-order chi connectivity index (χ1) is 10.1. The largest absolute Gasteiger partial charge is 0.319 e. The minimum atomic E-state index is -0.327. The zero-order chi connectivity index (χ0) is 15.0. The molecule has 0 N–H and O–H groups in total. The standard InChI is InChI=1S/C14H15ClFN5/c1-9(14-19-17-8-20(14)2)21-11-5-3-4-10(16)13(11)18-12(21)6-7-15/h3-5,8-9H,6-7H2,1-2H3. The highest BCUT2D eigenvalue weighted by Gasteiger charge is 2.21. The van der Waals surface area contributed by atoms with Gasteiger partial charge in [0.2, 0.25) is 0 Å². The van der Waals surface area contributed by atoms with Crippen LogP contribution < -0.4 is 0 Å². The smallest absolute Gasteiger partial charge is 0.155 e. The van der Waals surface area contributed by atoms with Crippen LogP contribution in [0.25, 0.3) is 11.0 Å². The van der Waals surface area contributed by atoms with Gasteiger partial charge in [-0.25, -0.2) is 9.37 Å². The van der Waals surface area contributed by atoms with Gasteiger partial charge < -0.3 is 9.13 Å². The molecule has 0 aliphatic carbocycles. The minimum Gasteiger partial charge on any atom is -0.319 e. The van der Waals surface area contributed by atoms with Crippen LogP contribution in [0.2, 0.25) is 0 Å². The molecule has 0 fully saturated rings. The maximum Gasteiger partial charge on any atom is 0.155 e. The lowest BCUT2D eigenvalue weighted by Crippen LogP contribution is -2.15. The summed E-state index contributed by atoms with van der Waals surface area (Å²) in [5.41, 5.74) is 1.11. The number of alkyl halides is 1. The zero-order valence-corrected chi connectivity index (χ0v) is 12.5. The van der Waals surface area contributed by atoms with Crippen LogP contribution in [-0.2, 0) is 13.5 Å². The van der Waals surface area contributed by atoms with Gasteiger partial charge in [-0.2, -0.15) is 0 Å². The van der Waals surface area contributed by atoms with E-state index in [-0.39, 0.29) is 11.9 Å². The van der Waals surface area contributed by atoms with Gasteiger partial charge in [-0.15, -0.1) is 21.8 Å². The molecule has 0 aliphatic heterocycles. The number of imidazole rings is 1. The van der Waals surface area contributed by atoms with Gasteiger partial charge in [-0.05, 0) is 19.1 Å². The fourth-order valence-electron chi connectivity index (χ4n) is 2.61. The molecule has 0 saturated heterocycles. The number of para-hydroxylation sites is 1. The molecule has 7 heteroatoms. The predicted octanol–water partition coefficient (Wildman–Crippen LogP) is 2.69. The summed E-state index contributed by atoms with van der Waals surface area (Å²) in [4.78, 5) is 4.41. The topological polar surface area (TPSA) is 48.5 Å². The van der Waals surface area contributed by atoms with E-state index in [9.17, 15) is 4.39 Å². The second kappa shape index (κ2) is 5.44. The van der Waals surface area contributed by atoms with Gasteiger partial charge in [-0.1, -0.05) is 6.07 Å². The lowest BCUT2D eigenvalue weighted by molar-refractivity contribution is 0.566. The summed E-state index contributed by atoms with van der Waals surface area (Å²) in [6.07, 6.45) is 2.21. The van der Waals surface area contributed by atoms with Crippen LogP contribution >= 0.6 is 11.6 Å². The Morgan fingerprint density at radius 3 is 2.86 bits per heavy atom. The van der Waals surface area contributed by atoms with Crippen molar-refractivity contribution in [2.75, 3.05) is 5.88 Å².